The molecule has 2 aromatic carbocycles. The molecule has 4 atom stereocenters. The highest BCUT2D eigenvalue weighted by Crippen LogP contribution is 2.63. The molecular weight excluding hydrogens is 416 g/mol. The van der Waals surface area contributed by atoms with E-state index in [9.17, 15) is 10.2 Å². The third-order valence-corrected chi connectivity index (χ3v) is 8.80. The molecule has 2 bridgehead atoms. The second-order valence-corrected chi connectivity index (χ2v) is 13.2. The quantitative estimate of drug-likeness (QED) is 0.457. The molecular formula is C32H40O2. The van der Waals surface area contributed by atoms with Crippen molar-refractivity contribution in [2.45, 2.75) is 78.1 Å². The van der Waals surface area contributed by atoms with Crippen molar-refractivity contribution in [1.29, 1.82) is 0 Å². The fraction of sp³-hybridized carbons (Fsp3) is 0.500. The standard InChI is InChI=1S/C32H40O2/c1-18-13-22(16-25(28(18)33)30(3,4)5)32(12-11-24-20-9-10-21(15-20)27(24)32)23-14-19(2)29(34)26(17-23)31(6,7)8/h9-14,16-17,20-21,24,27,33-34H,15H2,1-8H3. The maximum absolute atomic E-state index is 11.0. The first-order valence-corrected chi connectivity index (χ1v) is 12.8. The van der Waals surface area contributed by atoms with E-state index in [0.717, 1.165) is 22.3 Å². The smallest absolute Gasteiger partial charge is 0.122 e. The summed E-state index contributed by atoms with van der Waals surface area (Å²) in [6.45, 7) is 17.1. The van der Waals surface area contributed by atoms with Crippen molar-refractivity contribution >= 4 is 0 Å². The molecule has 0 radical (unpaired) electrons. The van der Waals surface area contributed by atoms with Gasteiger partial charge in [0.1, 0.15) is 11.5 Å². The van der Waals surface area contributed by atoms with E-state index in [4.69, 9.17) is 0 Å². The van der Waals surface area contributed by atoms with Crippen LogP contribution in [0, 0.1) is 37.5 Å². The summed E-state index contributed by atoms with van der Waals surface area (Å²) in [7, 11) is 0. The van der Waals surface area contributed by atoms with E-state index in [2.05, 4.69) is 90.1 Å². The van der Waals surface area contributed by atoms with Gasteiger partial charge in [0.2, 0.25) is 0 Å². The van der Waals surface area contributed by atoms with E-state index in [1.54, 1.807) is 0 Å². The Kier molecular flexibility index (Phi) is 4.97. The zero-order valence-electron chi connectivity index (χ0n) is 22.0. The van der Waals surface area contributed by atoms with E-state index >= 15 is 0 Å². The number of phenols is 2. The first kappa shape index (κ1) is 23.3. The van der Waals surface area contributed by atoms with Gasteiger partial charge in [0.15, 0.2) is 0 Å². The molecule has 0 aromatic heterocycles. The van der Waals surface area contributed by atoms with Gasteiger partial charge in [-0.1, -0.05) is 90.1 Å². The van der Waals surface area contributed by atoms with Gasteiger partial charge >= 0.3 is 0 Å². The number of hydrogen-bond acceptors (Lipinski definition) is 2. The van der Waals surface area contributed by atoms with Crippen LogP contribution in [0.5, 0.6) is 11.5 Å². The summed E-state index contributed by atoms with van der Waals surface area (Å²) < 4.78 is 0. The number of phenolic OH excluding ortho intramolecular Hbond substituents is 2. The van der Waals surface area contributed by atoms with Crippen molar-refractivity contribution in [3.63, 3.8) is 0 Å². The van der Waals surface area contributed by atoms with E-state index < -0.39 is 0 Å². The van der Waals surface area contributed by atoms with Gasteiger partial charge in [-0.15, -0.1) is 0 Å². The SMILES string of the molecule is Cc1cc(C2(c3cc(C)c(O)c(C(C)(C)C)c3)C=CC3C4C=CC(C4)C32)cc(C(C)(C)C)c1O. The molecule has 34 heavy (non-hydrogen) atoms. The second-order valence-electron chi connectivity index (χ2n) is 13.2. The van der Waals surface area contributed by atoms with Gasteiger partial charge in [0.05, 0.1) is 0 Å². The summed E-state index contributed by atoms with van der Waals surface area (Å²) in [6, 6.07) is 8.96. The monoisotopic (exact) mass is 456 g/mol. The second kappa shape index (κ2) is 7.26. The number of fused-ring (bicyclic) bond motifs is 5. The van der Waals surface area contributed by atoms with Crippen LogP contribution in [0.15, 0.2) is 48.6 Å². The number of aromatic hydroxyl groups is 2. The molecule has 2 heteroatoms. The van der Waals surface area contributed by atoms with Crippen LogP contribution in [-0.4, -0.2) is 10.2 Å². The van der Waals surface area contributed by atoms with Gasteiger partial charge < -0.3 is 10.2 Å². The Balaban J connectivity index is 1.83. The molecule has 1 fully saturated rings. The molecule has 3 aliphatic carbocycles. The lowest BCUT2D eigenvalue weighted by molar-refractivity contribution is 0.299. The lowest BCUT2D eigenvalue weighted by Crippen LogP contribution is -2.38. The van der Waals surface area contributed by atoms with E-state index in [1.807, 2.05) is 13.8 Å². The zero-order chi connectivity index (χ0) is 24.8. The Morgan fingerprint density at radius 2 is 1.18 bits per heavy atom. The fourth-order valence-electron chi connectivity index (χ4n) is 7.06. The third-order valence-electron chi connectivity index (χ3n) is 8.80. The van der Waals surface area contributed by atoms with Crippen LogP contribution in [0.3, 0.4) is 0 Å². The van der Waals surface area contributed by atoms with Gasteiger partial charge in [-0.2, -0.15) is 0 Å². The average molecular weight is 457 g/mol. The predicted octanol–water partition coefficient (Wildman–Crippen LogP) is 7.60. The minimum Gasteiger partial charge on any atom is -0.507 e. The molecule has 0 spiro atoms. The van der Waals surface area contributed by atoms with Crippen LogP contribution in [-0.2, 0) is 16.2 Å². The van der Waals surface area contributed by atoms with Crippen molar-refractivity contribution < 1.29 is 10.2 Å². The van der Waals surface area contributed by atoms with Crippen molar-refractivity contribution in [1.82, 2.24) is 0 Å². The average Bonchev–Trinajstić information content (AvgIpc) is 3.43. The molecule has 0 heterocycles. The summed E-state index contributed by atoms with van der Waals surface area (Å²) >= 11 is 0. The van der Waals surface area contributed by atoms with E-state index in [0.29, 0.717) is 35.2 Å². The highest BCUT2D eigenvalue weighted by atomic mass is 16.3. The topological polar surface area (TPSA) is 40.5 Å². The summed E-state index contributed by atoms with van der Waals surface area (Å²) in [5.41, 5.74) is 5.80. The number of rotatable bonds is 2. The molecule has 2 aromatic rings. The lowest BCUT2D eigenvalue weighted by atomic mass is 9.61. The van der Waals surface area contributed by atoms with Crippen LogP contribution in [0.4, 0.5) is 0 Å². The zero-order valence-corrected chi connectivity index (χ0v) is 22.0. The number of aryl methyl sites for hydroxylation is 2. The minimum atomic E-state index is -0.286. The number of hydrogen-bond donors (Lipinski definition) is 2. The minimum absolute atomic E-state index is 0.163. The molecule has 2 N–H and O–H groups in total. The Morgan fingerprint density at radius 3 is 1.65 bits per heavy atom. The largest absolute Gasteiger partial charge is 0.507 e. The van der Waals surface area contributed by atoms with Crippen LogP contribution in [0.25, 0.3) is 0 Å². The maximum Gasteiger partial charge on any atom is 0.122 e. The molecule has 3 aliphatic rings. The highest BCUT2D eigenvalue weighted by Gasteiger charge is 2.57. The summed E-state index contributed by atoms with van der Waals surface area (Å²) in [5.74, 6) is 2.98. The molecule has 4 unspecified atom stereocenters. The highest BCUT2D eigenvalue weighted by molar-refractivity contribution is 5.59. The third kappa shape index (κ3) is 3.21. The van der Waals surface area contributed by atoms with Crippen molar-refractivity contribution in [2.24, 2.45) is 23.7 Å². The van der Waals surface area contributed by atoms with Crippen LogP contribution in [0.1, 0.15) is 81.3 Å². The summed E-state index contributed by atoms with van der Waals surface area (Å²) in [6.07, 6.45) is 11.0. The first-order valence-electron chi connectivity index (χ1n) is 12.8. The van der Waals surface area contributed by atoms with Gasteiger partial charge in [0.25, 0.3) is 0 Å². The van der Waals surface area contributed by atoms with Crippen LogP contribution in [0.2, 0.25) is 0 Å². The molecule has 0 amide bonds. The van der Waals surface area contributed by atoms with Crippen LogP contribution < -0.4 is 0 Å². The van der Waals surface area contributed by atoms with Gasteiger partial charge in [-0.05, 0) is 88.2 Å². The van der Waals surface area contributed by atoms with Crippen LogP contribution >= 0.6 is 0 Å². The lowest BCUT2D eigenvalue weighted by Gasteiger charge is -2.41. The predicted molar refractivity (Wildman–Crippen MR) is 141 cm³/mol. The normalized spacial score (nSPS) is 26.9. The molecule has 180 valence electrons. The first-order chi connectivity index (χ1) is 15.7. The van der Waals surface area contributed by atoms with Crippen molar-refractivity contribution in [2.75, 3.05) is 0 Å². The summed E-state index contributed by atoms with van der Waals surface area (Å²) in [4.78, 5) is 0. The molecule has 2 nitrogen and oxygen atoms in total. The van der Waals surface area contributed by atoms with Crippen molar-refractivity contribution in [3.05, 3.63) is 82.0 Å². The molecule has 5 rings (SSSR count). The van der Waals surface area contributed by atoms with E-state index in [1.165, 1.54) is 17.5 Å². The maximum atomic E-state index is 11.0. The number of benzene rings is 2. The fourth-order valence-corrected chi connectivity index (χ4v) is 7.06. The molecule has 0 aliphatic heterocycles. The summed E-state index contributed by atoms with van der Waals surface area (Å²) in [5, 5.41) is 22.0. The Morgan fingerprint density at radius 1 is 0.706 bits per heavy atom. The van der Waals surface area contributed by atoms with Gasteiger partial charge in [0, 0.05) is 5.41 Å². The number of allylic oxidation sites excluding steroid dienone is 4. The molecule has 0 saturated heterocycles. The Bertz CT molecular complexity index is 1150. The molecule has 1 saturated carbocycles. The Labute approximate surface area is 205 Å². The Hall–Kier alpha value is -2.48. The van der Waals surface area contributed by atoms with Gasteiger partial charge in [-0.3, -0.25) is 0 Å². The van der Waals surface area contributed by atoms with E-state index in [-0.39, 0.29) is 16.2 Å². The van der Waals surface area contributed by atoms with Crippen molar-refractivity contribution in [3.8, 4) is 11.5 Å². The van der Waals surface area contributed by atoms with Gasteiger partial charge in [-0.25, -0.2) is 0 Å².